The predicted molar refractivity (Wildman–Crippen MR) is 124 cm³/mol. The maximum Gasteiger partial charge on any atom is 0.233 e. The molecule has 172 valence electrons. The van der Waals surface area contributed by atoms with Gasteiger partial charge in [0.05, 0.1) is 5.75 Å². The number of para-hydroxylation sites is 2. The highest BCUT2D eigenvalue weighted by atomic mass is 32.2. The molecule has 0 N–H and O–H groups in total. The van der Waals surface area contributed by atoms with Crippen LogP contribution in [0.25, 0.3) is 0 Å². The Morgan fingerprint density at radius 2 is 2.09 bits per heavy atom. The topological polar surface area (TPSA) is 69.5 Å². The van der Waals surface area contributed by atoms with E-state index in [0.717, 1.165) is 5.56 Å². The third-order valence-corrected chi connectivity index (χ3v) is 6.13. The summed E-state index contributed by atoms with van der Waals surface area (Å²) in [5, 5.41) is 9.21. The highest BCUT2D eigenvalue weighted by molar-refractivity contribution is 7.99. The van der Waals surface area contributed by atoms with Crippen LogP contribution in [0, 0.1) is 5.82 Å². The minimum Gasteiger partial charge on any atom is -0.485 e. The third-order valence-electron chi connectivity index (χ3n) is 5.18. The van der Waals surface area contributed by atoms with Crippen molar-refractivity contribution in [1.29, 1.82) is 0 Å². The smallest absolute Gasteiger partial charge is 0.233 e. The van der Waals surface area contributed by atoms with Crippen LogP contribution in [-0.4, -0.2) is 44.5 Å². The summed E-state index contributed by atoms with van der Waals surface area (Å²) in [6, 6.07) is 13.8. The normalized spacial score (nSPS) is 14.7. The minimum atomic E-state index is -0.419. The molecule has 0 aliphatic carbocycles. The molecule has 2 heterocycles. The quantitative estimate of drug-likeness (QED) is 0.345. The molecule has 0 fully saturated rings. The molecule has 4 rings (SSSR count). The Morgan fingerprint density at radius 3 is 2.85 bits per heavy atom. The molecule has 0 spiro atoms. The first-order valence-corrected chi connectivity index (χ1v) is 11.6. The summed E-state index contributed by atoms with van der Waals surface area (Å²) >= 11 is 1.30. The van der Waals surface area contributed by atoms with Crippen molar-refractivity contribution in [1.82, 2.24) is 19.7 Å². The lowest BCUT2D eigenvalue weighted by Gasteiger charge is -2.26. The second-order valence-electron chi connectivity index (χ2n) is 7.43. The van der Waals surface area contributed by atoms with Crippen LogP contribution in [0.4, 0.5) is 4.39 Å². The van der Waals surface area contributed by atoms with Crippen LogP contribution >= 0.6 is 11.8 Å². The lowest BCUT2D eigenvalue weighted by molar-refractivity contribution is -0.128. The van der Waals surface area contributed by atoms with Gasteiger partial charge in [-0.05, 0) is 36.8 Å². The summed E-state index contributed by atoms with van der Waals surface area (Å²) in [7, 11) is 0. The van der Waals surface area contributed by atoms with Crippen LogP contribution < -0.4 is 9.47 Å². The lowest BCUT2D eigenvalue weighted by Crippen LogP contribution is -2.31. The van der Waals surface area contributed by atoms with Crippen LogP contribution in [0.5, 0.6) is 11.5 Å². The van der Waals surface area contributed by atoms with Gasteiger partial charge in [0.15, 0.2) is 28.6 Å². The van der Waals surface area contributed by atoms with E-state index in [2.05, 4.69) is 16.8 Å². The number of benzene rings is 2. The third kappa shape index (κ3) is 5.36. The number of carbonyl (C=O) groups excluding carboxylic acids is 1. The van der Waals surface area contributed by atoms with Gasteiger partial charge < -0.3 is 14.4 Å². The zero-order valence-corrected chi connectivity index (χ0v) is 19.1. The van der Waals surface area contributed by atoms with E-state index in [1.807, 2.05) is 41.8 Å². The Bertz CT molecular complexity index is 1140. The number of fused-ring (bicyclic) bond motifs is 1. The van der Waals surface area contributed by atoms with Crippen molar-refractivity contribution in [3.8, 4) is 11.5 Å². The summed E-state index contributed by atoms with van der Waals surface area (Å²) < 4.78 is 27.3. The molecule has 1 aliphatic rings. The van der Waals surface area contributed by atoms with Crippen LogP contribution in [0.2, 0.25) is 0 Å². The fraction of sp³-hybridized carbons (Fsp3) is 0.292. The number of ether oxygens (including phenoxy) is 2. The number of thioether (sulfide) groups is 1. The van der Waals surface area contributed by atoms with Crippen molar-refractivity contribution in [2.24, 2.45) is 0 Å². The monoisotopic (exact) mass is 468 g/mol. The number of hydrogen-bond donors (Lipinski definition) is 0. The SMILES string of the molecule is C=CCn1c(SCC(=O)N(CC)Cc2cccc(F)c2)nnc1[C@H]1COc2ccccc2O1. The van der Waals surface area contributed by atoms with Gasteiger partial charge in [0.25, 0.3) is 0 Å². The molecule has 1 aliphatic heterocycles. The maximum atomic E-state index is 13.5. The average Bonchev–Trinajstić information content (AvgIpc) is 3.23. The van der Waals surface area contributed by atoms with Gasteiger partial charge in [-0.15, -0.1) is 16.8 Å². The van der Waals surface area contributed by atoms with E-state index < -0.39 is 6.10 Å². The Morgan fingerprint density at radius 1 is 1.27 bits per heavy atom. The van der Waals surface area contributed by atoms with Gasteiger partial charge in [-0.1, -0.05) is 42.1 Å². The Kier molecular flexibility index (Phi) is 7.29. The number of amides is 1. The van der Waals surface area contributed by atoms with E-state index in [0.29, 0.717) is 48.7 Å². The van der Waals surface area contributed by atoms with Gasteiger partial charge in [0.2, 0.25) is 5.91 Å². The van der Waals surface area contributed by atoms with E-state index in [4.69, 9.17) is 9.47 Å². The molecule has 0 saturated heterocycles. The Balaban J connectivity index is 1.44. The van der Waals surface area contributed by atoms with Crippen molar-refractivity contribution in [2.75, 3.05) is 18.9 Å². The second kappa shape index (κ2) is 10.5. The summed E-state index contributed by atoms with van der Waals surface area (Å²) in [4.78, 5) is 14.5. The summed E-state index contributed by atoms with van der Waals surface area (Å²) in [6.45, 7) is 7.39. The first-order valence-electron chi connectivity index (χ1n) is 10.7. The van der Waals surface area contributed by atoms with E-state index >= 15 is 0 Å². The lowest BCUT2D eigenvalue weighted by atomic mass is 10.2. The van der Waals surface area contributed by atoms with Crippen molar-refractivity contribution >= 4 is 17.7 Å². The molecule has 0 unspecified atom stereocenters. The highest BCUT2D eigenvalue weighted by Gasteiger charge is 2.28. The summed E-state index contributed by atoms with van der Waals surface area (Å²) in [6.07, 6.45) is 1.33. The van der Waals surface area contributed by atoms with Gasteiger partial charge in [0.1, 0.15) is 12.4 Å². The first-order chi connectivity index (χ1) is 16.1. The molecule has 33 heavy (non-hydrogen) atoms. The van der Waals surface area contributed by atoms with Crippen LogP contribution in [0.3, 0.4) is 0 Å². The molecule has 0 saturated carbocycles. The zero-order valence-electron chi connectivity index (χ0n) is 18.3. The number of nitrogens with zero attached hydrogens (tertiary/aromatic N) is 4. The minimum absolute atomic E-state index is 0.0624. The predicted octanol–water partition coefficient (Wildman–Crippen LogP) is 4.26. The molecular weight excluding hydrogens is 443 g/mol. The standard InChI is InChI=1S/C24H25FN4O3S/c1-3-12-29-23(21-15-31-19-10-5-6-11-20(19)32-21)26-27-24(29)33-16-22(30)28(4-2)14-17-8-7-9-18(25)13-17/h3,5-11,13,21H,1,4,12,14-16H2,2H3/t21-/m1/s1. The summed E-state index contributed by atoms with van der Waals surface area (Å²) in [5.74, 6) is 1.78. The maximum absolute atomic E-state index is 13.5. The number of allylic oxidation sites excluding steroid dienone is 1. The molecule has 1 amide bonds. The van der Waals surface area contributed by atoms with Crippen LogP contribution in [0.1, 0.15) is 24.4 Å². The van der Waals surface area contributed by atoms with Gasteiger partial charge in [0, 0.05) is 19.6 Å². The Labute approximate surface area is 196 Å². The fourth-order valence-electron chi connectivity index (χ4n) is 3.54. The second-order valence-corrected chi connectivity index (χ2v) is 8.37. The van der Waals surface area contributed by atoms with Crippen molar-refractivity contribution in [3.05, 3.63) is 78.4 Å². The molecule has 0 bridgehead atoms. The van der Waals surface area contributed by atoms with Crippen molar-refractivity contribution < 1.29 is 18.7 Å². The molecule has 9 heteroatoms. The van der Waals surface area contributed by atoms with Gasteiger partial charge in [-0.2, -0.15) is 0 Å². The van der Waals surface area contributed by atoms with Crippen molar-refractivity contribution in [3.63, 3.8) is 0 Å². The molecule has 1 aromatic heterocycles. The van der Waals surface area contributed by atoms with E-state index in [1.165, 1.54) is 23.9 Å². The van der Waals surface area contributed by atoms with Gasteiger partial charge in [-0.25, -0.2) is 4.39 Å². The molecule has 1 atom stereocenters. The van der Waals surface area contributed by atoms with E-state index in [9.17, 15) is 9.18 Å². The van der Waals surface area contributed by atoms with Gasteiger partial charge >= 0.3 is 0 Å². The number of halogens is 1. The molecule has 0 radical (unpaired) electrons. The largest absolute Gasteiger partial charge is 0.485 e. The zero-order chi connectivity index (χ0) is 23.2. The molecule has 7 nitrogen and oxygen atoms in total. The number of carbonyl (C=O) groups is 1. The van der Waals surface area contributed by atoms with E-state index in [-0.39, 0.29) is 17.5 Å². The van der Waals surface area contributed by atoms with E-state index in [1.54, 1.807) is 17.0 Å². The average molecular weight is 469 g/mol. The highest BCUT2D eigenvalue weighted by Crippen LogP contribution is 2.36. The Hall–Kier alpha value is -3.33. The number of aromatic nitrogens is 3. The molecule has 3 aromatic rings. The van der Waals surface area contributed by atoms with Crippen LogP contribution in [-0.2, 0) is 17.9 Å². The molecular formula is C24H25FN4O3S. The van der Waals surface area contributed by atoms with Gasteiger partial charge in [-0.3, -0.25) is 9.36 Å². The fourth-order valence-corrected chi connectivity index (χ4v) is 4.40. The number of hydrogen-bond acceptors (Lipinski definition) is 6. The summed E-state index contributed by atoms with van der Waals surface area (Å²) in [5.41, 5.74) is 0.752. The van der Waals surface area contributed by atoms with Crippen molar-refractivity contribution in [2.45, 2.75) is 31.3 Å². The van der Waals surface area contributed by atoms with Crippen LogP contribution in [0.15, 0.2) is 66.3 Å². The molecule has 2 aromatic carbocycles. The number of rotatable bonds is 9. The first kappa shape index (κ1) is 22.8.